The number of aldehydes is 1. The molecular weight excluding hydrogens is 284 g/mol. The highest BCUT2D eigenvalue weighted by atomic mass is 16.1. The number of hydrogen-bond donors (Lipinski definition) is 2. The van der Waals surface area contributed by atoms with Crippen LogP contribution >= 0.6 is 0 Å². The molecule has 0 rings (SSSR count). The minimum Gasteiger partial charge on any atom is -0.330 e. The van der Waals surface area contributed by atoms with E-state index in [0.717, 1.165) is 25.5 Å². The molecule has 0 saturated heterocycles. The monoisotopic (exact) mass is 326 g/mol. The molecule has 0 aromatic heterocycles. The molecule has 4 N–H and O–H groups in total. The predicted molar refractivity (Wildman–Crippen MR) is 102 cm³/mol. The van der Waals surface area contributed by atoms with Gasteiger partial charge in [-0.15, -0.1) is 0 Å². The van der Waals surface area contributed by atoms with Crippen molar-refractivity contribution in [2.24, 2.45) is 11.5 Å². The first-order valence-corrected chi connectivity index (χ1v) is 10.1. The molecule has 0 fully saturated rings. The molecule has 0 aromatic carbocycles. The first-order chi connectivity index (χ1) is 11.2. The molecule has 0 heterocycles. The Labute approximate surface area is 145 Å². The third-order valence-corrected chi connectivity index (χ3v) is 4.93. The standard InChI is InChI=1S/C20H42N2O/c1-2-3-4-5-6-7-8-9-10-11-12-13-15-20(22,17-18-21)16-14-19-23/h19H,2-18,21-22H2,1H3. The van der Waals surface area contributed by atoms with E-state index < -0.39 is 0 Å². The van der Waals surface area contributed by atoms with Gasteiger partial charge in [-0.25, -0.2) is 0 Å². The van der Waals surface area contributed by atoms with Crippen molar-refractivity contribution < 1.29 is 4.79 Å². The minimum absolute atomic E-state index is 0.214. The molecule has 0 saturated carbocycles. The molecule has 0 amide bonds. The Morgan fingerprint density at radius 2 is 1.22 bits per heavy atom. The number of rotatable bonds is 18. The first kappa shape index (κ1) is 22.6. The van der Waals surface area contributed by atoms with E-state index in [-0.39, 0.29) is 5.54 Å². The molecule has 0 aliphatic heterocycles. The van der Waals surface area contributed by atoms with Crippen LogP contribution < -0.4 is 11.5 Å². The van der Waals surface area contributed by atoms with Gasteiger partial charge >= 0.3 is 0 Å². The quantitative estimate of drug-likeness (QED) is 0.272. The second-order valence-electron chi connectivity index (χ2n) is 7.25. The van der Waals surface area contributed by atoms with Gasteiger partial charge in [0.2, 0.25) is 0 Å². The topological polar surface area (TPSA) is 69.1 Å². The van der Waals surface area contributed by atoms with Gasteiger partial charge in [0.25, 0.3) is 0 Å². The van der Waals surface area contributed by atoms with E-state index in [0.29, 0.717) is 13.0 Å². The van der Waals surface area contributed by atoms with Crippen molar-refractivity contribution >= 4 is 6.29 Å². The lowest BCUT2D eigenvalue weighted by molar-refractivity contribution is -0.108. The predicted octanol–water partition coefficient (Wildman–Crippen LogP) is 5.10. The normalized spacial score (nSPS) is 13.9. The summed E-state index contributed by atoms with van der Waals surface area (Å²) in [7, 11) is 0. The van der Waals surface area contributed by atoms with Crippen LogP contribution in [0.15, 0.2) is 0 Å². The average Bonchev–Trinajstić information content (AvgIpc) is 2.54. The van der Waals surface area contributed by atoms with Gasteiger partial charge in [0, 0.05) is 12.0 Å². The van der Waals surface area contributed by atoms with Crippen molar-refractivity contribution in [3.63, 3.8) is 0 Å². The van der Waals surface area contributed by atoms with E-state index in [1.54, 1.807) is 0 Å². The Bertz CT molecular complexity index is 258. The smallest absolute Gasteiger partial charge is 0.120 e. The molecule has 23 heavy (non-hydrogen) atoms. The van der Waals surface area contributed by atoms with E-state index in [4.69, 9.17) is 11.5 Å². The second-order valence-corrected chi connectivity index (χ2v) is 7.25. The zero-order valence-corrected chi connectivity index (χ0v) is 15.7. The Morgan fingerprint density at radius 1 is 0.739 bits per heavy atom. The van der Waals surface area contributed by atoms with Crippen LogP contribution in [-0.2, 0) is 4.79 Å². The fraction of sp³-hybridized carbons (Fsp3) is 0.950. The van der Waals surface area contributed by atoms with Crippen LogP contribution in [0.4, 0.5) is 0 Å². The van der Waals surface area contributed by atoms with Crippen LogP contribution in [0.5, 0.6) is 0 Å². The molecule has 0 bridgehead atoms. The van der Waals surface area contributed by atoms with Gasteiger partial charge in [0.15, 0.2) is 0 Å². The van der Waals surface area contributed by atoms with Crippen molar-refractivity contribution in [3.05, 3.63) is 0 Å². The van der Waals surface area contributed by atoms with Gasteiger partial charge in [-0.1, -0.05) is 84.0 Å². The number of nitrogens with two attached hydrogens (primary N) is 2. The maximum atomic E-state index is 10.5. The zero-order chi connectivity index (χ0) is 17.2. The lowest BCUT2D eigenvalue weighted by atomic mass is 9.85. The molecule has 0 aromatic rings. The fourth-order valence-corrected chi connectivity index (χ4v) is 3.33. The summed E-state index contributed by atoms with van der Waals surface area (Å²) in [4.78, 5) is 10.5. The molecule has 0 aliphatic carbocycles. The van der Waals surface area contributed by atoms with Crippen LogP contribution in [0.1, 0.15) is 110 Å². The van der Waals surface area contributed by atoms with Gasteiger partial charge in [-0.2, -0.15) is 0 Å². The Kier molecular flexibility index (Phi) is 16.2. The van der Waals surface area contributed by atoms with Gasteiger partial charge < -0.3 is 16.3 Å². The van der Waals surface area contributed by atoms with Crippen molar-refractivity contribution in [1.82, 2.24) is 0 Å². The maximum Gasteiger partial charge on any atom is 0.120 e. The summed E-state index contributed by atoms with van der Waals surface area (Å²) in [5.41, 5.74) is 11.8. The Hall–Kier alpha value is -0.410. The largest absolute Gasteiger partial charge is 0.330 e. The SMILES string of the molecule is CCCCCCCCCCCCCCC(N)(CCN)CCC=O. The molecule has 3 heteroatoms. The number of carbonyl (C=O) groups excluding carboxylic acids is 1. The summed E-state index contributed by atoms with van der Waals surface area (Å²) in [6.07, 6.45) is 20.5. The van der Waals surface area contributed by atoms with E-state index in [1.165, 1.54) is 77.0 Å². The van der Waals surface area contributed by atoms with Crippen LogP contribution in [0, 0.1) is 0 Å². The number of carbonyl (C=O) groups is 1. The third-order valence-electron chi connectivity index (χ3n) is 4.93. The summed E-state index contributed by atoms with van der Waals surface area (Å²) in [6, 6.07) is 0. The van der Waals surface area contributed by atoms with E-state index in [2.05, 4.69) is 6.92 Å². The molecule has 1 unspecified atom stereocenters. The molecule has 0 aliphatic rings. The van der Waals surface area contributed by atoms with Crippen LogP contribution in [0.2, 0.25) is 0 Å². The van der Waals surface area contributed by atoms with E-state index in [9.17, 15) is 4.79 Å². The van der Waals surface area contributed by atoms with E-state index >= 15 is 0 Å². The summed E-state index contributed by atoms with van der Waals surface area (Å²) in [5.74, 6) is 0. The molecule has 1 atom stereocenters. The lowest BCUT2D eigenvalue weighted by Crippen LogP contribution is -2.41. The van der Waals surface area contributed by atoms with Crippen LogP contribution in [0.25, 0.3) is 0 Å². The van der Waals surface area contributed by atoms with Gasteiger partial charge in [-0.05, 0) is 25.8 Å². The third kappa shape index (κ3) is 14.9. The van der Waals surface area contributed by atoms with Crippen molar-refractivity contribution in [1.29, 1.82) is 0 Å². The molecule has 0 radical (unpaired) electrons. The Morgan fingerprint density at radius 3 is 1.65 bits per heavy atom. The average molecular weight is 327 g/mol. The van der Waals surface area contributed by atoms with Crippen LogP contribution in [-0.4, -0.2) is 18.4 Å². The molecular formula is C20H42N2O. The highest BCUT2D eigenvalue weighted by molar-refractivity contribution is 5.49. The highest BCUT2D eigenvalue weighted by Gasteiger charge is 2.22. The number of unbranched alkanes of at least 4 members (excludes halogenated alkanes) is 11. The summed E-state index contributed by atoms with van der Waals surface area (Å²) in [6.45, 7) is 2.89. The fourth-order valence-electron chi connectivity index (χ4n) is 3.33. The van der Waals surface area contributed by atoms with Gasteiger partial charge in [0.1, 0.15) is 6.29 Å². The number of hydrogen-bond acceptors (Lipinski definition) is 3. The lowest BCUT2D eigenvalue weighted by Gasteiger charge is -2.28. The highest BCUT2D eigenvalue weighted by Crippen LogP contribution is 2.22. The van der Waals surface area contributed by atoms with Crippen LogP contribution in [0.3, 0.4) is 0 Å². The molecule has 3 nitrogen and oxygen atoms in total. The van der Waals surface area contributed by atoms with Crippen molar-refractivity contribution in [2.75, 3.05) is 6.54 Å². The molecule has 0 spiro atoms. The summed E-state index contributed by atoms with van der Waals surface area (Å²) in [5, 5.41) is 0. The second kappa shape index (κ2) is 16.4. The molecule has 138 valence electrons. The van der Waals surface area contributed by atoms with Crippen molar-refractivity contribution in [3.8, 4) is 0 Å². The first-order valence-electron chi connectivity index (χ1n) is 10.1. The Balaban J connectivity index is 3.43. The van der Waals surface area contributed by atoms with Gasteiger partial charge in [0.05, 0.1) is 0 Å². The minimum atomic E-state index is -0.214. The maximum absolute atomic E-state index is 10.5. The zero-order valence-electron chi connectivity index (χ0n) is 15.7. The van der Waals surface area contributed by atoms with E-state index in [1.807, 2.05) is 0 Å². The van der Waals surface area contributed by atoms with Gasteiger partial charge in [-0.3, -0.25) is 0 Å². The summed E-state index contributed by atoms with van der Waals surface area (Å²) >= 11 is 0. The van der Waals surface area contributed by atoms with Crippen molar-refractivity contribution in [2.45, 2.75) is 115 Å². The summed E-state index contributed by atoms with van der Waals surface area (Å²) < 4.78 is 0.